The van der Waals surface area contributed by atoms with Gasteiger partial charge in [0, 0.05) is 37.0 Å². The molecule has 0 aromatic heterocycles. The van der Waals surface area contributed by atoms with Crippen LogP contribution in [0.15, 0.2) is 104 Å². The number of rotatable bonds is 11. The van der Waals surface area contributed by atoms with Crippen LogP contribution in [0.4, 0.5) is 5.69 Å². The zero-order valence-corrected chi connectivity index (χ0v) is 23.5. The first-order valence-corrected chi connectivity index (χ1v) is 13.9. The van der Waals surface area contributed by atoms with Gasteiger partial charge in [0.1, 0.15) is 24.7 Å². The van der Waals surface area contributed by atoms with Crippen LogP contribution in [0.25, 0.3) is 5.57 Å². The zero-order valence-electron chi connectivity index (χ0n) is 23.5. The number of morpholine rings is 1. The van der Waals surface area contributed by atoms with Gasteiger partial charge in [-0.2, -0.15) is 0 Å². The number of carbonyl (C=O) groups excluding carboxylic acids is 1. The zero-order chi connectivity index (χ0) is 28.4. The maximum Gasteiger partial charge on any atom is 0.259 e. The van der Waals surface area contributed by atoms with Crippen molar-refractivity contribution in [2.75, 3.05) is 31.6 Å². The van der Waals surface area contributed by atoms with E-state index in [1.807, 2.05) is 85.8 Å². The average molecular weight is 549 g/mol. The van der Waals surface area contributed by atoms with E-state index in [0.717, 1.165) is 60.8 Å². The Balaban J connectivity index is 1.37. The van der Waals surface area contributed by atoms with Crippen molar-refractivity contribution in [1.82, 2.24) is 4.90 Å². The van der Waals surface area contributed by atoms with Gasteiger partial charge >= 0.3 is 0 Å². The van der Waals surface area contributed by atoms with E-state index in [0.29, 0.717) is 30.3 Å². The summed E-state index contributed by atoms with van der Waals surface area (Å²) in [6, 6.07) is 31.4. The molecule has 6 nitrogen and oxygen atoms in total. The minimum Gasteiger partial charge on any atom is -0.488 e. The van der Waals surface area contributed by atoms with Crippen molar-refractivity contribution < 1.29 is 19.0 Å². The van der Waals surface area contributed by atoms with E-state index >= 15 is 0 Å². The Morgan fingerprint density at radius 1 is 0.780 bits per heavy atom. The Morgan fingerprint density at radius 2 is 1.34 bits per heavy atom. The normalized spacial score (nSPS) is 13.4. The molecule has 0 aliphatic carbocycles. The van der Waals surface area contributed by atoms with Gasteiger partial charge < -0.3 is 19.5 Å². The molecule has 0 bridgehead atoms. The summed E-state index contributed by atoms with van der Waals surface area (Å²) in [4.78, 5) is 16.0. The lowest BCUT2D eigenvalue weighted by molar-refractivity contribution is 0.0342. The Kier molecular flexibility index (Phi) is 9.47. The Labute approximate surface area is 242 Å². The van der Waals surface area contributed by atoms with Crippen LogP contribution in [0.3, 0.4) is 0 Å². The van der Waals surface area contributed by atoms with Crippen LogP contribution in [-0.2, 0) is 24.5 Å². The fraction of sp³-hybridized carbons (Fsp3) is 0.229. The number of benzene rings is 4. The monoisotopic (exact) mass is 548 g/mol. The molecule has 0 radical (unpaired) electrons. The quantitative estimate of drug-likeness (QED) is 0.220. The second-order valence-electron chi connectivity index (χ2n) is 10.2. The molecule has 210 valence electrons. The molecule has 0 unspecified atom stereocenters. The van der Waals surface area contributed by atoms with Gasteiger partial charge in [-0.15, -0.1) is 0 Å². The van der Waals surface area contributed by atoms with Gasteiger partial charge in [0.15, 0.2) is 0 Å². The molecule has 0 saturated carbocycles. The maximum absolute atomic E-state index is 13.6. The van der Waals surface area contributed by atoms with Crippen molar-refractivity contribution in [3.05, 3.63) is 131 Å². The first-order chi connectivity index (χ1) is 20.0. The Hall–Kier alpha value is -4.39. The second-order valence-corrected chi connectivity index (χ2v) is 10.2. The summed E-state index contributed by atoms with van der Waals surface area (Å²) in [5.74, 6) is 0.808. The third-order valence-electron chi connectivity index (χ3n) is 6.98. The molecule has 1 saturated heterocycles. The van der Waals surface area contributed by atoms with Crippen LogP contribution in [0.5, 0.6) is 11.5 Å². The summed E-state index contributed by atoms with van der Waals surface area (Å²) in [6.07, 6.45) is 0. The molecule has 1 fully saturated rings. The highest BCUT2D eigenvalue weighted by atomic mass is 16.5. The number of anilines is 1. The standard InChI is InChI=1S/C35H36N2O4/c1-26(2)31-21-32(35(38)36-30-15-13-27(14-16-30)23-37-17-19-39-20-18-37)34(41-25-29-11-7-4-8-12-29)22-33(31)40-24-28-9-5-3-6-10-28/h3-16,21-22H,1,17-20,23-25H2,2H3,(H,36,38). The first kappa shape index (κ1) is 28.1. The van der Waals surface area contributed by atoms with Crippen molar-refractivity contribution >= 4 is 17.2 Å². The van der Waals surface area contributed by atoms with Crippen LogP contribution in [0.1, 0.15) is 39.5 Å². The van der Waals surface area contributed by atoms with Gasteiger partial charge in [0.25, 0.3) is 5.91 Å². The highest BCUT2D eigenvalue weighted by Gasteiger charge is 2.19. The Bertz CT molecular complexity index is 1450. The molecule has 1 heterocycles. The average Bonchev–Trinajstić information content (AvgIpc) is 3.01. The number of hydrogen-bond acceptors (Lipinski definition) is 5. The van der Waals surface area contributed by atoms with Gasteiger partial charge in [0.05, 0.1) is 18.8 Å². The number of amides is 1. The minimum absolute atomic E-state index is 0.258. The molecule has 1 N–H and O–H groups in total. The maximum atomic E-state index is 13.6. The summed E-state index contributed by atoms with van der Waals surface area (Å²) < 4.78 is 17.9. The molecule has 1 amide bonds. The molecule has 41 heavy (non-hydrogen) atoms. The summed E-state index contributed by atoms with van der Waals surface area (Å²) >= 11 is 0. The largest absolute Gasteiger partial charge is 0.488 e. The number of hydrogen-bond donors (Lipinski definition) is 1. The van der Waals surface area contributed by atoms with E-state index in [-0.39, 0.29) is 5.91 Å². The van der Waals surface area contributed by atoms with Crippen LogP contribution in [-0.4, -0.2) is 37.1 Å². The van der Waals surface area contributed by atoms with Crippen molar-refractivity contribution in [1.29, 1.82) is 0 Å². The van der Waals surface area contributed by atoms with Gasteiger partial charge in [-0.25, -0.2) is 0 Å². The number of ether oxygens (including phenoxy) is 3. The molecular formula is C35H36N2O4. The van der Waals surface area contributed by atoms with E-state index < -0.39 is 0 Å². The molecule has 4 aromatic rings. The Morgan fingerprint density at radius 3 is 1.90 bits per heavy atom. The molecule has 0 spiro atoms. The second kappa shape index (κ2) is 13.8. The third-order valence-corrected chi connectivity index (χ3v) is 6.98. The fourth-order valence-corrected chi connectivity index (χ4v) is 4.69. The third kappa shape index (κ3) is 7.84. The SMILES string of the molecule is C=C(C)c1cc(C(=O)Nc2ccc(CN3CCOCC3)cc2)c(OCc2ccccc2)cc1OCc1ccccc1. The fourth-order valence-electron chi connectivity index (χ4n) is 4.69. The predicted molar refractivity (Wildman–Crippen MR) is 163 cm³/mol. The van der Waals surface area contributed by atoms with E-state index in [9.17, 15) is 4.79 Å². The van der Waals surface area contributed by atoms with Crippen molar-refractivity contribution in [3.63, 3.8) is 0 Å². The summed E-state index contributed by atoms with van der Waals surface area (Å²) in [5, 5.41) is 3.05. The molecule has 4 aromatic carbocycles. The van der Waals surface area contributed by atoms with E-state index in [1.54, 1.807) is 6.07 Å². The highest BCUT2D eigenvalue weighted by Crippen LogP contribution is 2.35. The smallest absolute Gasteiger partial charge is 0.259 e. The molecule has 1 aliphatic heterocycles. The van der Waals surface area contributed by atoms with E-state index in [1.165, 1.54) is 5.56 Å². The molecule has 5 rings (SSSR count). The summed E-state index contributed by atoms with van der Waals surface area (Å²) in [7, 11) is 0. The minimum atomic E-state index is -0.258. The molecule has 1 aliphatic rings. The van der Waals surface area contributed by atoms with Crippen LogP contribution in [0.2, 0.25) is 0 Å². The van der Waals surface area contributed by atoms with Crippen LogP contribution < -0.4 is 14.8 Å². The van der Waals surface area contributed by atoms with Crippen molar-refractivity contribution in [2.45, 2.75) is 26.7 Å². The van der Waals surface area contributed by atoms with Crippen molar-refractivity contribution in [3.8, 4) is 11.5 Å². The number of allylic oxidation sites excluding steroid dienone is 1. The first-order valence-electron chi connectivity index (χ1n) is 13.9. The predicted octanol–water partition coefficient (Wildman–Crippen LogP) is 6.96. The van der Waals surface area contributed by atoms with E-state index in [4.69, 9.17) is 14.2 Å². The van der Waals surface area contributed by atoms with Gasteiger partial charge in [0.2, 0.25) is 0 Å². The lowest BCUT2D eigenvalue weighted by Gasteiger charge is -2.26. The van der Waals surface area contributed by atoms with Gasteiger partial charge in [-0.05, 0) is 47.4 Å². The number of carbonyl (C=O) groups is 1. The highest BCUT2D eigenvalue weighted by molar-refractivity contribution is 6.07. The van der Waals surface area contributed by atoms with E-state index in [2.05, 4.69) is 28.9 Å². The lowest BCUT2D eigenvalue weighted by atomic mass is 10.0. The number of nitrogens with zero attached hydrogens (tertiary/aromatic N) is 1. The van der Waals surface area contributed by atoms with Crippen LogP contribution >= 0.6 is 0 Å². The van der Waals surface area contributed by atoms with Crippen LogP contribution in [0, 0.1) is 0 Å². The molecule has 0 atom stereocenters. The summed E-state index contributed by atoms with van der Waals surface area (Å²) in [5.41, 5.74) is 5.94. The summed E-state index contributed by atoms with van der Waals surface area (Å²) in [6.45, 7) is 11.0. The molecular weight excluding hydrogens is 512 g/mol. The topological polar surface area (TPSA) is 60.0 Å². The lowest BCUT2D eigenvalue weighted by Crippen LogP contribution is -2.35. The number of nitrogens with one attached hydrogen (secondary N) is 1. The van der Waals surface area contributed by atoms with Gasteiger partial charge in [-0.3, -0.25) is 9.69 Å². The molecule has 6 heteroatoms. The van der Waals surface area contributed by atoms with Crippen molar-refractivity contribution in [2.24, 2.45) is 0 Å². The van der Waals surface area contributed by atoms with Gasteiger partial charge in [-0.1, -0.05) is 79.4 Å².